The van der Waals surface area contributed by atoms with E-state index in [2.05, 4.69) is 10.3 Å². The third-order valence-electron chi connectivity index (χ3n) is 3.35. The van der Waals surface area contributed by atoms with E-state index in [1.165, 1.54) is 0 Å². The Bertz CT molecular complexity index is 673. The summed E-state index contributed by atoms with van der Waals surface area (Å²) in [6, 6.07) is 4.91. The van der Waals surface area contributed by atoms with Crippen molar-refractivity contribution in [3.05, 3.63) is 35.0 Å². The maximum Gasteiger partial charge on any atom is 0.326 e. The third-order valence-corrected chi connectivity index (χ3v) is 3.35. The van der Waals surface area contributed by atoms with Crippen molar-refractivity contribution in [3.63, 3.8) is 0 Å². The van der Waals surface area contributed by atoms with Crippen LogP contribution < -0.4 is 5.32 Å². The number of carboxylic acids is 1. The molecule has 1 amide bonds. The number of aromatic nitrogens is 1. The molecule has 1 heterocycles. The van der Waals surface area contributed by atoms with E-state index in [0.717, 1.165) is 22.0 Å². The Hall–Kier alpha value is -2.30. The first-order chi connectivity index (χ1) is 9.42. The number of H-pyrrole nitrogens is 1. The summed E-state index contributed by atoms with van der Waals surface area (Å²) in [7, 11) is 0. The Morgan fingerprint density at radius 2 is 2.00 bits per heavy atom. The van der Waals surface area contributed by atoms with Crippen LogP contribution in [0.4, 0.5) is 0 Å². The summed E-state index contributed by atoms with van der Waals surface area (Å²) in [6.45, 7) is 5.69. The lowest BCUT2D eigenvalue weighted by molar-refractivity contribution is -0.139. The van der Waals surface area contributed by atoms with Gasteiger partial charge in [-0.1, -0.05) is 13.0 Å². The van der Waals surface area contributed by atoms with Crippen molar-refractivity contribution in [2.24, 2.45) is 0 Å². The van der Waals surface area contributed by atoms with Crippen LogP contribution in [0.25, 0.3) is 10.9 Å². The van der Waals surface area contributed by atoms with Crippen molar-refractivity contribution in [1.82, 2.24) is 10.3 Å². The number of nitrogens with one attached hydrogen (secondary N) is 2. The topological polar surface area (TPSA) is 82.2 Å². The van der Waals surface area contributed by atoms with Crippen molar-refractivity contribution in [1.29, 1.82) is 0 Å². The summed E-state index contributed by atoms with van der Waals surface area (Å²) in [5, 5.41) is 12.4. The van der Waals surface area contributed by atoms with Gasteiger partial charge in [0, 0.05) is 10.9 Å². The van der Waals surface area contributed by atoms with Gasteiger partial charge in [0.15, 0.2) is 0 Å². The Balaban J connectivity index is 2.31. The summed E-state index contributed by atoms with van der Waals surface area (Å²) in [6.07, 6.45) is 0.347. The Morgan fingerprint density at radius 3 is 2.60 bits per heavy atom. The standard InChI is InChI=1S/C15H18N2O3/c1-4-11(15(19)20)17-14(18)13-7-10-9(3)5-8(2)6-12(10)16-13/h5-7,11,16H,4H2,1-3H3,(H,17,18)(H,19,20). The molecule has 5 heteroatoms. The van der Waals surface area contributed by atoms with Crippen molar-refractivity contribution in [2.45, 2.75) is 33.2 Å². The average molecular weight is 274 g/mol. The van der Waals surface area contributed by atoms with Crippen LogP contribution in [0.3, 0.4) is 0 Å². The number of carbonyl (C=O) groups is 2. The number of carbonyl (C=O) groups excluding carboxylic acids is 1. The summed E-state index contributed by atoms with van der Waals surface area (Å²) in [4.78, 5) is 26.1. The molecule has 5 nitrogen and oxygen atoms in total. The van der Waals surface area contributed by atoms with E-state index < -0.39 is 17.9 Å². The van der Waals surface area contributed by atoms with Gasteiger partial charge in [-0.2, -0.15) is 0 Å². The SMILES string of the molecule is CCC(NC(=O)c1cc2c(C)cc(C)cc2[nH]1)C(=O)O. The van der Waals surface area contributed by atoms with Crippen LogP contribution in [0.2, 0.25) is 0 Å². The fraction of sp³-hybridized carbons (Fsp3) is 0.333. The maximum absolute atomic E-state index is 12.1. The Kier molecular flexibility index (Phi) is 3.79. The van der Waals surface area contributed by atoms with Crippen molar-refractivity contribution in [3.8, 4) is 0 Å². The number of fused-ring (bicyclic) bond motifs is 1. The Labute approximate surface area is 117 Å². The third kappa shape index (κ3) is 2.66. The largest absolute Gasteiger partial charge is 0.480 e. The lowest BCUT2D eigenvalue weighted by Gasteiger charge is -2.10. The molecule has 1 aromatic carbocycles. The van der Waals surface area contributed by atoms with Crippen LogP contribution in [0, 0.1) is 13.8 Å². The second kappa shape index (κ2) is 5.36. The molecule has 20 heavy (non-hydrogen) atoms. The van der Waals surface area contributed by atoms with E-state index in [-0.39, 0.29) is 0 Å². The van der Waals surface area contributed by atoms with Crippen LogP contribution in [-0.4, -0.2) is 28.0 Å². The smallest absolute Gasteiger partial charge is 0.326 e. The van der Waals surface area contributed by atoms with Crippen LogP contribution in [-0.2, 0) is 4.79 Å². The molecule has 0 saturated carbocycles. The number of aromatic amines is 1. The quantitative estimate of drug-likeness (QED) is 0.800. The number of aryl methyl sites for hydroxylation is 2. The van der Waals surface area contributed by atoms with Crippen molar-refractivity contribution >= 4 is 22.8 Å². The highest BCUT2D eigenvalue weighted by molar-refractivity contribution is 6.00. The zero-order valence-electron chi connectivity index (χ0n) is 11.8. The minimum atomic E-state index is -1.02. The molecule has 0 aliphatic rings. The van der Waals surface area contributed by atoms with Gasteiger partial charge in [-0.3, -0.25) is 4.79 Å². The maximum atomic E-state index is 12.1. The Morgan fingerprint density at radius 1 is 1.30 bits per heavy atom. The fourth-order valence-electron chi connectivity index (χ4n) is 2.30. The molecular weight excluding hydrogens is 256 g/mol. The van der Waals surface area contributed by atoms with Crippen LogP contribution >= 0.6 is 0 Å². The molecule has 0 fully saturated rings. The lowest BCUT2D eigenvalue weighted by atomic mass is 10.1. The normalized spacial score (nSPS) is 12.3. The second-order valence-corrected chi connectivity index (χ2v) is 5.00. The molecule has 0 aliphatic carbocycles. The number of hydrogen-bond donors (Lipinski definition) is 3. The number of amides is 1. The van der Waals surface area contributed by atoms with Gasteiger partial charge in [-0.15, -0.1) is 0 Å². The summed E-state index contributed by atoms with van der Waals surface area (Å²) in [5.41, 5.74) is 3.46. The zero-order chi connectivity index (χ0) is 14.9. The molecule has 1 aromatic heterocycles. The first-order valence-corrected chi connectivity index (χ1v) is 6.56. The van der Waals surface area contributed by atoms with Gasteiger partial charge >= 0.3 is 5.97 Å². The molecule has 3 N–H and O–H groups in total. The van der Waals surface area contributed by atoms with E-state index in [1.54, 1.807) is 13.0 Å². The summed E-state index contributed by atoms with van der Waals surface area (Å²) < 4.78 is 0. The van der Waals surface area contributed by atoms with Gasteiger partial charge < -0.3 is 15.4 Å². The second-order valence-electron chi connectivity index (χ2n) is 5.00. The van der Waals surface area contributed by atoms with E-state index in [4.69, 9.17) is 5.11 Å². The van der Waals surface area contributed by atoms with Crippen molar-refractivity contribution in [2.75, 3.05) is 0 Å². The van der Waals surface area contributed by atoms with E-state index in [0.29, 0.717) is 12.1 Å². The number of hydrogen-bond acceptors (Lipinski definition) is 2. The predicted octanol–water partition coefficient (Wildman–Crippen LogP) is 2.38. The molecule has 1 unspecified atom stereocenters. The van der Waals surface area contributed by atoms with Gasteiger partial charge in [0.25, 0.3) is 5.91 Å². The molecular formula is C15H18N2O3. The van der Waals surface area contributed by atoms with Gasteiger partial charge in [-0.05, 0) is 43.5 Å². The van der Waals surface area contributed by atoms with Crippen LogP contribution in [0.1, 0.15) is 35.0 Å². The molecule has 0 radical (unpaired) electrons. The van der Waals surface area contributed by atoms with E-state index in [1.807, 2.05) is 26.0 Å². The first kappa shape index (κ1) is 14.1. The van der Waals surface area contributed by atoms with Crippen molar-refractivity contribution < 1.29 is 14.7 Å². The number of rotatable bonds is 4. The van der Waals surface area contributed by atoms with Gasteiger partial charge in [0.2, 0.25) is 0 Å². The lowest BCUT2D eigenvalue weighted by Crippen LogP contribution is -2.40. The molecule has 0 aliphatic heterocycles. The zero-order valence-corrected chi connectivity index (χ0v) is 11.8. The highest BCUT2D eigenvalue weighted by atomic mass is 16.4. The van der Waals surface area contributed by atoms with Gasteiger partial charge in [0.1, 0.15) is 11.7 Å². The fourth-order valence-corrected chi connectivity index (χ4v) is 2.30. The van der Waals surface area contributed by atoms with E-state index in [9.17, 15) is 9.59 Å². The molecule has 0 saturated heterocycles. The highest BCUT2D eigenvalue weighted by Gasteiger charge is 2.19. The molecule has 0 bridgehead atoms. The minimum Gasteiger partial charge on any atom is -0.480 e. The summed E-state index contributed by atoms with van der Waals surface area (Å²) in [5.74, 6) is -1.42. The molecule has 106 valence electrons. The molecule has 2 aromatic rings. The van der Waals surface area contributed by atoms with Crippen LogP contribution in [0.5, 0.6) is 0 Å². The first-order valence-electron chi connectivity index (χ1n) is 6.56. The van der Waals surface area contributed by atoms with Gasteiger partial charge in [-0.25, -0.2) is 4.79 Å². The average Bonchev–Trinajstić information content (AvgIpc) is 2.79. The number of aliphatic carboxylic acids is 1. The predicted molar refractivity (Wildman–Crippen MR) is 77.0 cm³/mol. The summed E-state index contributed by atoms with van der Waals surface area (Å²) >= 11 is 0. The molecule has 0 spiro atoms. The van der Waals surface area contributed by atoms with Gasteiger partial charge in [0.05, 0.1) is 0 Å². The minimum absolute atomic E-state index is 0.347. The van der Waals surface area contributed by atoms with E-state index >= 15 is 0 Å². The molecule has 2 rings (SSSR count). The molecule has 1 atom stereocenters. The van der Waals surface area contributed by atoms with Crippen LogP contribution in [0.15, 0.2) is 18.2 Å². The highest BCUT2D eigenvalue weighted by Crippen LogP contribution is 2.21. The monoisotopic (exact) mass is 274 g/mol. The number of benzene rings is 1. The number of carboxylic acid groups (broad SMARTS) is 1.